The van der Waals surface area contributed by atoms with E-state index in [4.69, 9.17) is 4.98 Å². The number of nitrogens with zero attached hydrogens (tertiary/aromatic N) is 1. The van der Waals surface area contributed by atoms with Crippen molar-refractivity contribution in [2.45, 2.75) is 16.0 Å². The highest BCUT2D eigenvalue weighted by Crippen LogP contribution is 2.43. The van der Waals surface area contributed by atoms with Gasteiger partial charge in [-0.15, -0.1) is 34.4 Å². The first kappa shape index (κ1) is 22.5. The molecule has 0 bridgehead atoms. The first-order chi connectivity index (χ1) is 15.3. The van der Waals surface area contributed by atoms with E-state index in [1.807, 2.05) is 18.6 Å². The van der Waals surface area contributed by atoms with Crippen molar-refractivity contribution >= 4 is 56.1 Å². The van der Waals surface area contributed by atoms with Crippen LogP contribution in [0.3, 0.4) is 0 Å². The van der Waals surface area contributed by atoms with Gasteiger partial charge in [-0.2, -0.15) is 0 Å². The van der Waals surface area contributed by atoms with Gasteiger partial charge in [0.2, 0.25) is 0 Å². The molecule has 2 aromatic heterocycles. The van der Waals surface area contributed by atoms with Gasteiger partial charge in [0.15, 0.2) is 0 Å². The summed E-state index contributed by atoms with van der Waals surface area (Å²) in [5, 5.41) is 12.1. The fourth-order valence-corrected chi connectivity index (χ4v) is 7.19. The number of hydrogen-bond acceptors (Lipinski definition) is 7. The van der Waals surface area contributed by atoms with Crippen LogP contribution in [-0.2, 0) is 10.0 Å². The van der Waals surface area contributed by atoms with Gasteiger partial charge in [-0.05, 0) is 43.0 Å². The normalized spacial score (nSPS) is 11.4. The lowest BCUT2D eigenvalue weighted by atomic mass is 10.1. The first-order valence-electron chi connectivity index (χ1n) is 9.35. The molecule has 0 aliphatic carbocycles. The van der Waals surface area contributed by atoms with E-state index in [1.54, 1.807) is 54.6 Å². The maximum absolute atomic E-state index is 12.5. The number of carboxylic acids is 1. The summed E-state index contributed by atoms with van der Waals surface area (Å²) in [7, 11) is -3.65. The Labute approximate surface area is 198 Å². The highest BCUT2D eigenvalue weighted by atomic mass is 32.2. The van der Waals surface area contributed by atoms with Crippen molar-refractivity contribution in [1.29, 1.82) is 0 Å². The molecule has 2 aromatic carbocycles. The number of aromatic nitrogens is 1. The monoisotopic (exact) mass is 502 g/mol. The van der Waals surface area contributed by atoms with Crippen LogP contribution in [0.4, 0.5) is 5.69 Å². The summed E-state index contributed by atoms with van der Waals surface area (Å²) >= 11 is 4.23. The Hall–Kier alpha value is -2.66. The maximum atomic E-state index is 12.5. The van der Waals surface area contributed by atoms with E-state index in [-0.39, 0.29) is 4.90 Å². The molecule has 0 aliphatic heterocycles. The number of thiazole rings is 1. The summed E-state index contributed by atoms with van der Waals surface area (Å²) < 4.78 is 28.5. The predicted molar refractivity (Wildman–Crippen MR) is 132 cm³/mol. The van der Waals surface area contributed by atoms with Crippen LogP contribution >= 0.6 is 34.4 Å². The van der Waals surface area contributed by atoms with Gasteiger partial charge < -0.3 is 5.11 Å². The van der Waals surface area contributed by atoms with Crippen LogP contribution < -0.4 is 4.72 Å². The Kier molecular flexibility index (Phi) is 6.38. The van der Waals surface area contributed by atoms with E-state index in [0.717, 1.165) is 31.6 Å². The largest absolute Gasteiger partial charge is 0.477 e. The van der Waals surface area contributed by atoms with Gasteiger partial charge in [-0.1, -0.05) is 30.3 Å². The lowest BCUT2D eigenvalue weighted by Gasteiger charge is -2.08. The van der Waals surface area contributed by atoms with Gasteiger partial charge in [0.25, 0.3) is 10.0 Å². The number of hydrogen-bond donors (Lipinski definition) is 2. The zero-order valence-electron chi connectivity index (χ0n) is 17.0. The second kappa shape index (κ2) is 9.07. The van der Waals surface area contributed by atoms with Crippen LogP contribution in [0, 0.1) is 6.92 Å². The molecule has 10 heteroatoms. The molecule has 4 aromatic rings. The number of rotatable bonds is 7. The number of benzene rings is 2. The van der Waals surface area contributed by atoms with Gasteiger partial charge in [0.05, 0.1) is 14.8 Å². The Bertz CT molecular complexity index is 1380. The molecule has 0 saturated carbocycles. The van der Waals surface area contributed by atoms with Crippen molar-refractivity contribution in [3.8, 4) is 21.8 Å². The molecular formula is C22H18N2O4S4. The number of aromatic carboxylic acids is 1. The molecular weight excluding hydrogens is 485 g/mol. The second-order valence-corrected chi connectivity index (χ2v) is 11.4. The molecule has 0 amide bonds. The highest BCUT2D eigenvalue weighted by Gasteiger charge is 2.22. The van der Waals surface area contributed by atoms with E-state index in [1.165, 1.54) is 34.4 Å². The minimum atomic E-state index is -3.65. The molecule has 0 radical (unpaired) electrons. The maximum Gasteiger partial charge on any atom is 0.346 e. The number of nitrogens with one attached hydrogen (secondary N) is 1. The van der Waals surface area contributed by atoms with Crippen molar-refractivity contribution in [2.75, 3.05) is 11.0 Å². The number of thioether (sulfide) groups is 1. The molecule has 0 aliphatic rings. The van der Waals surface area contributed by atoms with Crippen LogP contribution in [0.5, 0.6) is 0 Å². The van der Waals surface area contributed by atoms with Gasteiger partial charge in [0, 0.05) is 22.2 Å². The van der Waals surface area contributed by atoms with Gasteiger partial charge in [-0.25, -0.2) is 18.2 Å². The molecule has 32 heavy (non-hydrogen) atoms. The lowest BCUT2D eigenvalue weighted by molar-refractivity contribution is 0.0701. The first-order valence-corrected chi connectivity index (χ1v) is 13.8. The Morgan fingerprint density at radius 1 is 1.09 bits per heavy atom. The molecule has 4 rings (SSSR count). The fraction of sp³-hybridized carbons (Fsp3) is 0.0909. The Morgan fingerprint density at radius 3 is 2.41 bits per heavy atom. The second-order valence-electron chi connectivity index (χ2n) is 6.76. The summed E-state index contributed by atoms with van der Waals surface area (Å²) in [6.07, 6.45) is 1.92. The highest BCUT2D eigenvalue weighted by molar-refractivity contribution is 8.00. The number of anilines is 1. The SMILES string of the molecule is CSc1sc(C(=O)O)c(C)c1-c1nc(-c2ccc(NS(=O)(=O)c3ccccc3)cc2)cs1. The van der Waals surface area contributed by atoms with E-state index >= 15 is 0 Å². The third-order valence-corrected chi connectivity index (χ3v) is 9.35. The number of carbonyl (C=O) groups is 1. The van der Waals surface area contributed by atoms with E-state index in [0.29, 0.717) is 10.6 Å². The number of carboxylic acid groups (broad SMARTS) is 1. The topological polar surface area (TPSA) is 96.4 Å². The quantitative estimate of drug-likeness (QED) is 0.298. The fourth-order valence-electron chi connectivity index (χ4n) is 3.13. The molecule has 0 spiro atoms. The minimum Gasteiger partial charge on any atom is -0.477 e. The van der Waals surface area contributed by atoms with Crippen LogP contribution in [-0.4, -0.2) is 30.7 Å². The van der Waals surface area contributed by atoms with Gasteiger partial charge in [-0.3, -0.25) is 4.72 Å². The summed E-state index contributed by atoms with van der Waals surface area (Å²) in [5.41, 5.74) is 3.63. The molecule has 0 atom stereocenters. The Balaban J connectivity index is 1.59. The van der Waals surface area contributed by atoms with Crippen molar-refractivity contribution in [3.63, 3.8) is 0 Å². The van der Waals surface area contributed by atoms with Crippen molar-refractivity contribution in [2.24, 2.45) is 0 Å². The summed E-state index contributed by atoms with van der Waals surface area (Å²) in [4.78, 5) is 16.8. The molecule has 6 nitrogen and oxygen atoms in total. The van der Waals surface area contributed by atoms with Gasteiger partial charge >= 0.3 is 5.97 Å². The lowest BCUT2D eigenvalue weighted by Crippen LogP contribution is -2.12. The zero-order valence-corrected chi connectivity index (χ0v) is 20.3. The van der Waals surface area contributed by atoms with Crippen LogP contribution in [0.15, 0.2) is 69.1 Å². The molecule has 0 saturated heterocycles. The van der Waals surface area contributed by atoms with E-state index in [2.05, 4.69) is 4.72 Å². The summed E-state index contributed by atoms with van der Waals surface area (Å²) in [6, 6.07) is 15.2. The van der Waals surface area contributed by atoms with Crippen molar-refractivity contribution in [1.82, 2.24) is 4.98 Å². The molecule has 2 N–H and O–H groups in total. The van der Waals surface area contributed by atoms with Crippen LogP contribution in [0.1, 0.15) is 15.2 Å². The van der Waals surface area contributed by atoms with Crippen molar-refractivity contribution < 1.29 is 18.3 Å². The molecule has 0 fully saturated rings. The third kappa shape index (κ3) is 4.44. The minimum absolute atomic E-state index is 0.199. The smallest absolute Gasteiger partial charge is 0.346 e. The number of sulfonamides is 1. The molecule has 0 unspecified atom stereocenters. The number of thiophene rings is 1. The third-order valence-electron chi connectivity index (χ3n) is 4.70. The zero-order chi connectivity index (χ0) is 22.9. The van der Waals surface area contributed by atoms with E-state index < -0.39 is 16.0 Å². The van der Waals surface area contributed by atoms with E-state index in [9.17, 15) is 18.3 Å². The van der Waals surface area contributed by atoms with Crippen molar-refractivity contribution in [3.05, 3.63) is 70.4 Å². The average Bonchev–Trinajstić information content (AvgIpc) is 3.39. The van der Waals surface area contributed by atoms with Crippen LogP contribution in [0.2, 0.25) is 0 Å². The summed E-state index contributed by atoms with van der Waals surface area (Å²) in [6.45, 7) is 1.81. The predicted octanol–water partition coefficient (Wildman–Crippen LogP) is 6.07. The summed E-state index contributed by atoms with van der Waals surface area (Å²) in [5.74, 6) is -0.931. The Morgan fingerprint density at radius 2 is 1.78 bits per heavy atom. The average molecular weight is 503 g/mol. The van der Waals surface area contributed by atoms with Gasteiger partial charge in [0.1, 0.15) is 9.88 Å². The molecule has 164 valence electrons. The standard InChI is InChI=1S/C22H18N2O4S4/c1-13-18(22(29-2)31-19(13)21(25)26)20-23-17(12-30-20)14-8-10-15(11-9-14)24-32(27,28)16-6-4-3-5-7-16/h3-12,24H,1-2H3,(H,25,26). The van der Waals surface area contributed by atoms with Crippen LogP contribution in [0.25, 0.3) is 21.8 Å². The molecule has 2 heterocycles.